The standard InChI is InChI=1S/C12H20NP/c1-3-9-13(10-4-2)11-5-7-12(14)8-6-11/h5-8H,3-4,9-10,14H2,1-2H3. The Morgan fingerprint density at radius 1 is 1.00 bits per heavy atom. The van der Waals surface area contributed by atoms with E-state index in [0.29, 0.717) is 0 Å². The molecule has 1 aromatic rings. The molecular weight excluding hydrogens is 189 g/mol. The summed E-state index contributed by atoms with van der Waals surface area (Å²) in [6.07, 6.45) is 2.42. The highest BCUT2D eigenvalue weighted by Crippen LogP contribution is 2.13. The van der Waals surface area contributed by atoms with Gasteiger partial charge in [0.1, 0.15) is 0 Å². The van der Waals surface area contributed by atoms with E-state index in [1.807, 2.05) is 0 Å². The summed E-state index contributed by atoms with van der Waals surface area (Å²) in [5, 5.41) is 1.25. The van der Waals surface area contributed by atoms with Crippen molar-refractivity contribution in [2.45, 2.75) is 26.7 Å². The zero-order valence-corrected chi connectivity index (χ0v) is 10.3. The van der Waals surface area contributed by atoms with Crippen molar-refractivity contribution in [3.8, 4) is 0 Å². The molecule has 0 spiro atoms. The van der Waals surface area contributed by atoms with Crippen LogP contribution in [0.2, 0.25) is 0 Å². The lowest BCUT2D eigenvalue weighted by molar-refractivity contribution is 0.745. The van der Waals surface area contributed by atoms with Crippen LogP contribution in [0, 0.1) is 0 Å². The molecule has 0 amide bonds. The smallest absolute Gasteiger partial charge is 0.0366 e. The first-order valence-corrected chi connectivity index (χ1v) is 5.96. The zero-order valence-electron chi connectivity index (χ0n) is 9.16. The van der Waals surface area contributed by atoms with Crippen LogP contribution in [0.5, 0.6) is 0 Å². The van der Waals surface area contributed by atoms with Gasteiger partial charge in [0.2, 0.25) is 0 Å². The molecule has 1 rings (SSSR count). The van der Waals surface area contributed by atoms with Gasteiger partial charge in [0.05, 0.1) is 0 Å². The van der Waals surface area contributed by atoms with Crippen molar-refractivity contribution in [2.24, 2.45) is 0 Å². The Labute approximate surface area is 89.7 Å². The molecule has 1 nitrogen and oxygen atoms in total. The van der Waals surface area contributed by atoms with Crippen LogP contribution in [0.15, 0.2) is 24.3 Å². The topological polar surface area (TPSA) is 3.24 Å². The predicted molar refractivity (Wildman–Crippen MR) is 68.6 cm³/mol. The Morgan fingerprint density at radius 3 is 1.93 bits per heavy atom. The van der Waals surface area contributed by atoms with Crippen LogP contribution in [0.1, 0.15) is 26.7 Å². The Hall–Kier alpha value is -0.550. The van der Waals surface area contributed by atoms with Gasteiger partial charge in [0.15, 0.2) is 0 Å². The molecule has 0 bridgehead atoms. The fraction of sp³-hybridized carbons (Fsp3) is 0.500. The average molecular weight is 209 g/mol. The van der Waals surface area contributed by atoms with Crippen LogP contribution >= 0.6 is 9.24 Å². The van der Waals surface area contributed by atoms with E-state index in [9.17, 15) is 0 Å². The Bertz CT molecular complexity index is 250. The van der Waals surface area contributed by atoms with E-state index in [2.05, 4.69) is 52.3 Å². The van der Waals surface area contributed by atoms with Crippen LogP contribution in [0.25, 0.3) is 0 Å². The van der Waals surface area contributed by atoms with Gasteiger partial charge >= 0.3 is 0 Å². The summed E-state index contributed by atoms with van der Waals surface area (Å²) in [6, 6.07) is 8.71. The number of hydrogen-bond donors (Lipinski definition) is 0. The maximum atomic E-state index is 2.72. The van der Waals surface area contributed by atoms with Crippen molar-refractivity contribution in [1.29, 1.82) is 0 Å². The molecule has 0 aliphatic heterocycles. The fourth-order valence-corrected chi connectivity index (χ4v) is 1.79. The SMILES string of the molecule is CCCN(CCC)c1ccc(P)cc1. The van der Waals surface area contributed by atoms with Crippen molar-refractivity contribution in [3.63, 3.8) is 0 Å². The van der Waals surface area contributed by atoms with E-state index < -0.39 is 0 Å². The largest absolute Gasteiger partial charge is 0.372 e. The van der Waals surface area contributed by atoms with Gasteiger partial charge in [-0.25, -0.2) is 0 Å². The van der Waals surface area contributed by atoms with E-state index in [-0.39, 0.29) is 0 Å². The van der Waals surface area contributed by atoms with E-state index in [1.54, 1.807) is 0 Å². The summed E-state index contributed by atoms with van der Waals surface area (Å²) in [4.78, 5) is 2.45. The molecule has 78 valence electrons. The van der Waals surface area contributed by atoms with Crippen molar-refractivity contribution in [2.75, 3.05) is 18.0 Å². The summed E-state index contributed by atoms with van der Waals surface area (Å²) in [5.41, 5.74) is 1.35. The summed E-state index contributed by atoms with van der Waals surface area (Å²) in [5.74, 6) is 0. The van der Waals surface area contributed by atoms with Crippen LogP contribution in [-0.4, -0.2) is 13.1 Å². The summed E-state index contributed by atoms with van der Waals surface area (Å²) >= 11 is 0. The van der Waals surface area contributed by atoms with Gasteiger partial charge < -0.3 is 4.90 Å². The number of rotatable bonds is 5. The second-order valence-corrected chi connectivity index (χ2v) is 4.25. The molecule has 0 heterocycles. The molecule has 1 unspecified atom stereocenters. The highest BCUT2D eigenvalue weighted by atomic mass is 31.0. The quantitative estimate of drug-likeness (QED) is 0.674. The lowest BCUT2D eigenvalue weighted by Gasteiger charge is -2.23. The van der Waals surface area contributed by atoms with Gasteiger partial charge in [-0.05, 0) is 30.3 Å². The van der Waals surface area contributed by atoms with E-state index in [0.717, 1.165) is 13.1 Å². The molecule has 0 aliphatic carbocycles. The highest BCUT2D eigenvalue weighted by molar-refractivity contribution is 7.27. The van der Waals surface area contributed by atoms with Crippen LogP contribution < -0.4 is 10.2 Å². The average Bonchev–Trinajstić information content (AvgIpc) is 2.19. The first-order chi connectivity index (χ1) is 6.77. The Balaban J connectivity index is 2.71. The molecule has 1 aromatic carbocycles. The van der Waals surface area contributed by atoms with Crippen molar-refractivity contribution in [3.05, 3.63) is 24.3 Å². The monoisotopic (exact) mass is 209 g/mol. The van der Waals surface area contributed by atoms with Crippen molar-refractivity contribution < 1.29 is 0 Å². The molecule has 0 N–H and O–H groups in total. The van der Waals surface area contributed by atoms with E-state index in [1.165, 1.54) is 23.8 Å². The molecule has 0 aliphatic rings. The molecule has 14 heavy (non-hydrogen) atoms. The maximum Gasteiger partial charge on any atom is 0.0366 e. The minimum atomic E-state index is 1.16. The van der Waals surface area contributed by atoms with Gasteiger partial charge in [-0.1, -0.05) is 26.0 Å². The molecule has 2 heteroatoms. The van der Waals surface area contributed by atoms with Gasteiger partial charge in [-0.15, -0.1) is 9.24 Å². The van der Waals surface area contributed by atoms with E-state index in [4.69, 9.17) is 0 Å². The minimum Gasteiger partial charge on any atom is -0.372 e. The predicted octanol–water partition coefficient (Wildman–Crippen LogP) is 2.81. The molecule has 0 aromatic heterocycles. The number of nitrogens with zero attached hydrogens (tertiary/aromatic N) is 1. The van der Waals surface area contributed by atoms with Crippen LogP contribution in [0.3, 0.4) is 0 Å². The zero-order chi connectivity index (χ0) is 10.4. The third kappa shape index (κ3) is 3.31. The van der Waals surface area contributed by atoms with Gasteiger partial charge in [-0.2, -0.15) is 0 Å². The number of anilines is 1. The maximum absolute atomic E-state index is 2.72. The molecule has 0 saturated carbocycles. The molecule has 0 saturated heterocycles. The molecule has 0 radical (unpaired) electrons. The Kier molecular flexibility index (Phi) is 4.97. The van der Waals surface area contributed by atoms with E-state index >= 15 is 0 Å². The van der Waals surface area contributed by atoms with Crippen LogP contribution in [-0.2, 0) is 0 Å². The summed E-state index contributed by atoms with van der Waals surface area (Å²) in [7, 11) is 2.72. The second-order valence-electron chi connectivity index (χ2n) is 3.58. The summed E-state index contributed by atoms with van der Waals surface area (Å²) in [6.45, 7) is 6.77. The van der Waals surface area contributed by atoms with Crippen LogP contribution in [0.4, 0.5) is 5.69 Å². The van der Waals surface area contributed by atoms with Gasteiger partial charge in [0.25, 0.3) is 0 Å². The lowest BCUT2D eigenvalue weighted by Crippen LogP contribution is -2.24. The normalized spacial score (nSPS) is 10.2. The van der Waals surface area contributed by atoms with Gasteiger partial charge in [0, 0.05) is 18.8 Å². The third-order valence-corrected chi connectivity index (χ3v) is 2.63. The van der Waals surface area contributed by atoms with Crippen molar-refractivity contribution in [1.82, 2.24) is 0 Å². The lowest BCUT2D eigenvalue weighted by atomic mass is 10.2. The number of benzene rings is 1. The third-order valence-electron chi connectivity index (χ3n) is 2.25. The first kappa shape index (κ1) is 11.5. The first-order valence-electron chi connectivity index (χ1n) is 5.38. The fourth-order valence-electron chi connectivity index (χ4n) is 1.59. The summed E-state index contributed by atoms with van der Waals surface area (Å²) < 4.78 is 0. The molecule has 1 atom stereocenters. The Morgan fingerprint density at radius 2 is 1.50 bits per heavy atom. The minimum absolute atomic E-state index is 1.16. The second kappa shape index (κ2) is 6.03. The molecular formula is C12H20NP. The van der Waals surface area contributed by atoms with Crippen molar-refractivity contribution >= 4 is 20.2 Å². The van der Waals surface area contributed by atoms with Gasteiger partial charge in [-0.3, -0.25) is 0 Å². The number of hydrogen-bond acceptors (Lipinski definition) is 1. The molecule has 0 fully saturated rings. The highest BCUT2D eigenvalue weighted by Gasteiger charge is 2.02.